The van der Waals surface area contributed by atoms with E-state index >= 15 is 0 Å². The van der Waals surface area contributed by atoms with Gasteiger partial charge >= 0.3 is 12.4 Å². The van der Waals surface area contributed by atoms with Crippen molar-refractivity contribution >= 4 is 10.9 Å². The van der Waals surface area contributed by atoms with Crippen molar-refractivity contribution in [1.82, 2.24) is 4.98 Å². The average Bonchev–Trinajstić information content (AvgIpc) is 3.10. The van der Waals surface area contributed by atoms with Gasteiger partial charge in [0.05, 0.1) is 25.1 Å². The van der Waals surface area contributed by atoms with E-state index in [1.165, 1.54) is 14.2 Å². The van der Waals surface area contributed by atoms with Gasteiger partial charge < -0.3 is 19.6 Å². The van der Waals surface area contributed by atoms with Gasteiger partial charge in [-0.3, -0.25) is 0 Å². The molecule has 0 fully saturated rings. The van der Waals surface area contributed by atoms with Crippen LogP contribution >= 0.6 is 0 Å². The molecule has 0 radical (unpaired) electrons. The number of benzene rings is 2. The zero-order valence-corrected chi connectivity index (χ0v) is 17.2. The van der Waals surface area contributed by atoms with E-state index in [0.29, 0.717) is 39.2 Å². The predicted molar refractivity (Wildman–Crippen MR) is 107 cm³/mol. The molecule has 0 aliphatic rings. The molecule has 0 spiro atoms. The summed E-state index contributed by atoms with van der Waals surface area (Å²) in [5.74, 6) is 0.805. The number of aliphatic hydroxyl groups is 1. The molecule has 32 heavy (non-hydrogen) atoms. The van der Waals surface area contributed by atoms with Crippen molar-refractivity contribution in [3.8, 4) is 22.6 Å². The number of methoxy groups -OCH3 is 2. The third kappa shape index (κ3) is 4.11. The van der Waals surface area contributed by atoms with Gasteiger partial charge in [0.15, 0.2) is 11.5 Å². The van der Waals surface area contributed by atoms with Crippen LogP contribution in [0.3, 0.4) is 0 Å². The molecule has 0 saturated heterocycles. The number of ether oxygens (including phenoxy) is 2. The van der Waals surface area contributed by atoms with E-state index in [1.807, 2.05) is 0 Å². The Bertz CT molecular complexity index is 1060. The SMILES string of the molecule is COc1ccc2[nH]c(CCCC(O)(C(F)(F)F)C(F)(F)F)c(-c3ccccc3)c2c1OC. The summed E-state index contributed by atoms with van der Waals surface area (Å²) < 4.78 is 88.9. The van der Waals surface area contributed by atoms with Crippen molar-refractivity contribution in [1.29, 1.82) is 0 Å². The standard InChI is InChI=1S/C22H21F6NO3/c1-31-16-11-10-15-18(19(16)32-2)17(13-7-4-3-5-8-13)14(29-15)9-6-12-20(30,21(23,24)25)22(26,27)28/h3-5,7-8,10-11,29-30H,6,9,12H2,1-2H3. The van der Waals surface area contributed by atoms with Gasteiger partial charge in [-0.15, -0.1) is 0 Å². The van der Waals surface area contributed by atoms with Crippen LogP contribution in [0.25, 0.3) is 22.0 Å². The maximum absolute atomic E-state index is 13.0. The first-order chi connectivity index (χ1) is 14.9. The molecule has 3 aromatic rings. The lowest BCUT2D eigenvalue weighted by Crippen LogP contribution is -2.56. The highest BCUT2D eigenvalue weighted by molar-refractivity contribution is 6.03. The van der Waals surface area contributed by atoms with Crippen LogP contribution in [0.4, 0.5) is 26.3 Å². The van der Waals surface area contributed by atoms with Crippen LogP contribution < -0.4 is 9.47 Å². The quantitative estimate of drug-likeness (QED) is 0.423. The van der Waals surface area contributed by atoms with E-state index in [0.717, 1.165) is 0 Å². The highest BCUT2D eigenvalue weighted by Crippen LogP contribution is 2.47. The number of H-pyrrole nitrogens is 1. The van der Waals surface area contributed by atoms with Crippen molar-refractivity contribution in [2.45, 2.75) is 37.2 Å². The molecule has 174 valence electrons. The van der Waals surface area contributed by atoms with Crippen LogP contribution in [0.2, 0.25) is 0 Å². The largest absolute Gasteiger partial charge is 0.493 e. The summed E-state index contributed by atoms with van der Waals surface area (Å²) in [4.78, 5) is 3.07. The lowest BCUT2D eigenvalue weighted by molar-refractivity contribution is -0.370. The molecule has 0 amide bonds. The van der Waals surface area contributed by atoms with E-state index in [2.05, 4.69) is 4.98 Å². The Morgan fingerprint density at radius 3 is 2.03 bits per heavy atom. The van der Waals surface area contributed by atoms with Crippen LogP contribution in [-0.4, -0.2) is 42.3 Å². The number of alkyl halides is 6. The summed E-state index contributed by atoms with van der Waals surface area (Å²) in [5, 5.41) is 10.0. The van der Waals surface area contributed by atoms with Gasteiger partial charge in [0.1, 0.15) is 0 Å². The number of fused-ring (bicyclic) bond motifs is 1. The van der Waals surface area contributed by atoms with Gasteiger partial charge in [0.2, 0.25) is 0 Å². The molecular formula is C22H21F6NO3. The van der Waals surface area contributed by atoms with Crippen LogP contribution in [0, 0.1) is 0 Å². The molecule has 1 aromatic heterocycles. The van der Waals surface area contributed by atoms with Crippen molar-refractivity contribution in [2.24, 2.45) is 0 Å². The van der Waals surface area contributed by atoms with Gasteiger partial charge in [-0.2, -0.15) is 26.3 Å². The molecular weight excluding hydrogens is 440 g/mol. The van der Waals surface area contributed by atoms with Crippen molar-refractivity contribution in [3.05, 3.63) is 48.2 Å². The molecule has 0 atom stereocenters. The van der Waals surface area contributed by atoms with E-state index in [9.17, 15) is 31.4 Å². The molecule has 1 heterocycles. The van der Waals surface area contributed by atoms with Gasteiger partial charge in [0.25, 0.3) is 5.60 Å². The number of hydrogen-bond acceptors (Lipinski definition) is 3. The van der Waals surface area contributed by atoms with Gasteiger partial charge in [0, 0.05) is 11.3 Å². The first-order valence-corrected chi connectivity index (χ1v) is 9.61. The molecule has 4 nitrogen and oxygen atoms in total. The van der Waals surface area contributed by atoms with Crippen LogP contribution in [0.1, 0.15) is 18.5 Å². The predicted octanol–water partition coefficient (Wildman–Crippen LogP) is 6.03. The molecule has 0 aliphatic heterocycles. The lowest BCUT2D eigenvalue weighted by atomic mass is 9.93. The number of aromatic nitrogens is 1. The second-order valence-corrected chi connectivity index (χ2v) is 7.28. The van der Waals surface area contributed by atoms with E-state index in [1.54, 1.807) is 42.5 Å². The second-order valence-electron chi connectivity index (χ2n) is 7.28. The third-order valence-electron chi connectivity index (χ3n) is 5.35. The highest BCUT2D eigenvalue weighted by atomic mass is 19.4. The average molecular weight is 461 g/mol. The maximum atomic E-state index is 13.0. The zero-order valence-electron chi connectivity index (χ0n) is 17.2. The Labute approximate surface area is 179 Å². The van der Waals surface area contributed by atoms with Crippen molar-refractivity contribution in [2.75, 3.05) is 14.2 Å². The summed E-state index contributed by atoms with van der Waals surface area (Å²) in [5.41, 5.74) is -2.50. The fourth-order valence-electron chi connectivity index (χ4n) is 3.73. The van der Waals surface area contributed by atoms with Gasteiger partial charge in [-0.25, -0.2) is 0 Å². The molecule has 0 aliphatic carbocycles. The normalized spacial score (nSPS) is 12.9. The Morgan fingerprint density at radius 1 is 0.875 bits per heavy atom. The molecule has 0 unspecified atom stereocenters. The summed E-state index contributed by atoms with van der Waals surface area (Å²) in [7, 11) is 2.89. The van der Waals surface area contributed by atoms with Crippen LogP contribution in [0.15, 0.2) is 42.5 Å². The number of aryl methyl sites for hydroxylation is 1. The molecule has 0 bridgehead atoms. The van der Waals surface area contributed by atoms with E-state index < -0.39 is 30.8 Å². The monoisotopic (exact) mass is 461 g/mol. The smallest absolute Gasteiger partial charge is 0.426 e. The Balaban J connectivity index is 2.06. The van der Waals surface area contributed by atoms with Crippen molar-refractivity contribution in [3.63, 3.8) is 0 Å². The van der Waals surface area contributed by atoms with E-state index in [4.69, 9.17) is 9.47 Å². The minimum atomic E-state index is -5.84. The Morgan fingerprint density at radius 2 is 1.50 bits per heavy atom. The highest BCUT2D eigenvalue weighted by Gasteiger charge is 2.69. The molecule has 2 N–H and O–H groups in total. The minimum Gasteiger partial charge on any atom is -0.493 e. The topological polar surface area (TPSA) is 54.5 Å². The molecule has 0 saturated carbocycles. The molecule has 10 heteroatoms. The summed E-state index contributed by atoms with van der Waals surface area (Å²) in [6.45, 7) is 0. The number of nitrogens with one attached hydrogen (secondary N) is 1. The minimum absolute atomic E-state index is 0.168. The number of rotatable bonds is 7. The van der Waals surface area contributed by atoms with E-state index in [-0.39, 0.29) is 6.42 Å². The third-order valence-corrected chi connectivity index (χ3v) is 5.35. The summed E-state index contributed by atoms with van der Waals surface area (Å²) in [6.07, 6.45) is -13.9. The lowest BCUT2D eigenvalue weighted by Gasteiger charge is -2.32. The molecule has 2 aromatic carbocycles. The first kappa shape index (κ1) is 23.8. The Kier molecular flexibility index (Phi) is 6.37. The van der Waals surface area contributed by atoms with Crippen molar-refractivity contribution < 1.29 is 40.9 Å². The first-order valence-electron chi connectivity index (χ1n) is 9.61. The van der Waals surface area contributed by atoms with Gasteiger partial charge in [-0.05, 0) is 37.0 Å². The number of aromatic amines is 1. The fraction of sp³-hybridized carbons (Fsp3) is 0.364. The molecule has 3 rings (SSSR count). The fourth-order valence-corrected chi connectivity index (χ4v) is 3.73. The number of halogens is 6. The second kappa shape index (κ2) is 8.57. The number of hydrogen-bond donors (Lipinski definition) is 2. The zero-order chi connectivity index (χ0) is 23.7. The van der Waals surface area contributed by atoms with Gasteiger partial charge in [-0.1, -0.05) is 30.3 Å². The van der Waals surface area contributed by atoms with Crippen LogP contribution in [0.5, 0.6) is 11.5 Å². The Hall–Kier alpha value is -2.88. The maximum Gasteiger partial charge on any atom is 0.426 e. The summed E-state index contributed by atoms with van der Waals surface area (Å²) >= 11 is 0. The van der Waals surface area contributed by atoms with Crippen LogP contribution in [-0.2, 0) is 6.42 Å². The summed E-state index contributed by atoms with van der Waals surface area (Å²) in [6, 6.07) is 12.2.